The molecular weight excluding hydrogens is 295 g/mol. The van der Waals surface area contributed by atoms with Crippen molar-refractivity contribution >= 4 is 35.2 Å². The molecule has 0 atom stereocenters. The molecule has 1 aliphatic carbocycles. The van der Waals surface area contributed by atoms with Gasteiger partial charge in [0.15, 0.2) is 0 Å². The third-order valence-corrected chi connectivity index (χ3v) is 4.19. The Balaban J connectivity index is 2.31. The summed E-state index contributed by atoms with van der Waals surface area (Å²) in [5.74, 6) is -0.191. The van der Waals surface area contributed by atoms with Crippen molar-refractivity contribution in [1.82, 2.24) is 0 Å². The van der Waals surface area contributed by atoms with Crippen LogP contribution >= 0.6 is 23.2 Å². The highest BCUT2D eigenvalue weighted by atomic mass is 35.5. The number of fused-ring (bicyclic) bond motifs is 1. The molecule has 0 fully saturated rings. The minimum absolute atomic E-state index is 0.191. The summed E-state index contributed by atoms with van der Waals surface area (Å²) in [5.41, 5.74) is 4.57. The first-order valence-corrected chi connectivity index (χ1v) is 7.61. The Morgan fingerprint density at radius 3 is 2.80 bits per heavy atom. The molecule has 0 heterocycles. The number of hydrogen-bond donors (Lipinski definition) is 0. The molecule has 0 aromatic heterocycles. The molecule has 0 saturated carbocycles. The predicted octanol–water partition coefficient (Wildman–Crippen LogP) is 4.67. The van der Waals surface area contributed by atoms with Crippen molar-refractivity contribution in [2.75, 3.05) is 6.61 Å². The zero-order valence-corrected chi connectivity index (χ0v) is 13.3. The van der Waals surface area contributed by atoms with Crippen LogP contribution in [0, 0.1) is 6.92 Å². The summed E-state index contributed by atoms with van der Waals surface area (Å²) >= 11 is 12.5. The Kier molecular flexibility index (Phi) is 5.11. The highest BCUT2D eigenvalue weighted by Gasteiger charge is 2.18. The van der Waals surface area contributed by atoms with E-state index < -0.39 is 0 Å². The van der Waals surface area contributed by atoms with E-state index in [-0.39, 0.29) is 5.97 Å². The van der Waals surface area contributed by atoms with Crippen LogP contribution in [0.1, 0.15) is 42.0 Å². The molecular formula is C16H18Cl2O2. The third kappa shape index (κ3) is 3.36. The summed E-state index contributed by atoms with van der Waals surface area (Å²) in [6.45, 7) is 4.28. The maximum absolute atomic E-state index is 11.5. The highest BCUT2D eigenvalue weighted by Crippen LogP contribution is 2.35. The first-order valence-electron chi connectivity index (χ1n) is 6.85. The number of rotatable bonds is 4. The Morgan fingerprint density at radius 2 is 2.10 bits per heavy atom. The molecule has 0 bridgehead atoms. The highest BCUT2D eigenvalue weighted by molar-refractivity contribution is 6.33. The number of esters is 1. The quantitative estimate of drug-likeness (QED) is 0.755. The summed E-state index contributed by atoms with van der Waals surface area (Å²) in [6.07, 6.45) is 4.71. The summed E-state index contributed by atoms with van der Waals surface area (Å²) in [6, 6.07) is 1.98. The number of aryl methyl sites for hydroxylation is 1. The topological polar surface area (TPSA) is 26.3 Å². The molecule has 2 rings (SSSR count). The number of halogens is 2. The van der Waals surface area contributed by atoms with Crippen molar-refractivity contribution in [3.63, 3.8) is 0 Å². The normalized spacial score (nSPS) is 13.7. The van der Waals surface area contributed by atoms with Gasteiger partial charge in [-0.1, -0.05) is 23.2 Å². The van der Waals surface area contributed by atoms with Crippen LogP contribution in [0.5, 0.6) is 0 Å². The van der Waals surface area contributed by atoms with Gasteiger partial charge in [-0.2, -0.15) is 0 Å². The molecule has 0 spiro atoms. The SMILES string of the molecule is CCOC(=O)CCc1c(Cl)cc(C)c2c1C=C(Cl)CC2. The lowest BCUT2D eigenvalue weighted by molar-refractivity contribution is -0.143. The van der Waals surface area contributed by atoms with Crippen LogP contribution in [-0.2, 0) is 22.4 Å². The molecule has 0 N–H and O–H groups in total. The van der Waals surface area contributed by atoms with Gasteiger partial charge < -0.3 is 4.74 Å². The summed E-state index contributed by atoms with van der Waals surface area (Å²) in [7, 11) is 0. The van der Waals surface area contributed by atoms with Gasteiger partial charge in [0.2, 0.25) is 0 Å². The summed E-state index contributed by atoms with van der Waals surface area (Å²) in [4.78, 5) is 11.5. The smallest absolute Gasteiger partial charge is 0.306 e. The molecule has 1 aliphatic rings. The zero-order chi connectivity index (χ0) is 14.7. The Hall–Kier alpha value is -0.990. The molecule has 0 radical (unpaired) electrons. The zero-order valence-electron chi connectivity index (χ0n) is 11.8. The van der Waals surface area contributed by atoms with Gasteiger partial charge in [-0.25, -0.2) is 0 Å². The molecule has 1 aromatic rings. The second-order valence-electron chi connectivity index (χ2n) is 4.94. The van der Waals surface area contributed by atoms with Gasteiger partial charge in [-0.15, -0.1) is 0 Å². The van der Waals surface area contributed by atoms with E-state index in [1.807, 2.05) is 12.1 Å². The Morgan fingerprint density at radius 1 is 1.35 bits per heavy atom. The van der Waals surface area contributed by atoms with E-state index in [9.17, 15) is 4.79 Å². The van der Waals surface area contributed by atoms with Crippen LogP contribution in [0.25, 0.3) is 6.08 Å². The lowest BCUT2D eigenvalue weighted by Gasteiger charge is -2.20. The fourth-order valence-electron chi connectivity index (χ4n) is 2.58. The minimum atomic E-state index is -0.191. The van der Waals surface area contributed by atoms with Gasteiger partial charge in [-0.05, 0) is 67.5 Å². The molecule has 2 nitrogen and oxygen atoms in total. The number of carbonyl (C=O) groups excluding carboxylic acids is 1. The molecule has 0 saturated heterocycles. The van der Waals surface area contributed by atoms with Crippen molar-refractivity contribution < 1.29 is 9.53 Å². The van der Waals surface area contributed by atoms with Gasteiger partial charge in [-0.3, -0.25) is 4.79 Å². The van der Waals surface area contributed by atoms with Crippen LogP contribution in [0.3, 0.4) is 0 Å². The molecule has 1 aromatic carbocycles. The summed E-state index contributed by atoms with van der Waals surface area (Å²) in [5, 5.41) is 1.55. The van der Waals surface area contributed by atoms with Gasteiger partial charge in [0.1, 0.15) is 0 Å². The first kappa shape index (κ1) is 15.4. The number of ether oxygens (including phenoxy) is 1. The van der Waals surface area contributed by atoms with E-state index >= 15 is 0 Å². The molecule has 108 valence electrons. The van der Waals surface area contributed by atoms with Crippen LogP contribution < -0.4 is 0 Å². The fourth-order valence-corrected chi connectivity index (χ4v) is 3.14. The lowest BCUT2D eigenvalue weighted by Crippen LogP contribution is -2.09. The number of carbonyl (C=O) groups is 1. The second-order valence-corrected chi connectivity index (χ2v) is 5.83. The van der Waals surface area contributed by atoms with E-state index in [2.05, 4.69) is 6.92 Å². The van der Waals surface area contributed by atoms with Crippen molar-refractivity contribution in [1.29, 1.82) is 0 Å². The van der Waals surface area contributed by atoms with E-state index in [0.29, 0.717) is 24.5 Å². The fraction of sp³-hybridized carbons (Fsp3) is 0.438. The third-order valence-electron chi connectivity index (χ3n) is 3.56. The number of allylic oxidation sites excluding steroid dienone is 1. The molecule has 0 amide bonds. The van der Waals surface area contributed by atoms with Crippen LogP contribution in [0.2, 0.25) is 5.02 Å². The predicted molar refractivity (Wildman–Crippen MR) is 83.3 cm³/mol. The van der Waals surface area contributed by atoms with E-state index in [4.69, 9.17) is 27.9 Å². The number of hydrogen-bond acceptors (Lipinski definition) is 2. The van der Waals surface area contributed by atoms with Crippen LogP contribution in [0.15, 0.2) is 11.1 Å². The number of benzene rings is 1. The molecule has 4 heteroatoms. The maximum Gasteiger partial charge on any atom is 0.306 e. The van der Waals surface area contributed by atoms with Crippen molar-refractivity contribution in [3.8, 4) is 0 Å². The standard InChI is InChI=1S/C16H18Cl2O2/c1-3-20-16(19)7-6-13-14-9-11(17)4-5-12(14)10(2)8-15(13)18/h8-9H,3-7H2,1-2H3. The lowest BCUT2D eigenvalue weighted by atomic mass is 9.88. The molecule has 0 aliphatic heterocycles. The van der Waals surface area contributed by atoms with E-state index in [1.165, 1.54) is 11.1 Å². The molecule has 0 unspecified atom stereocenters. The average molecular weight is 313 g/mol. The Labute approximate surface area is 129 Å². The van der Waals surface area contributed by atoms with Crippen molar-refractivity contribution in [2.45, 2.75) is 39.5 Å². The van der Waals surface area contributed by atoms with Crippen LogP contribution in [-0.4, -0.2) is 12.6 Å². The first-order chi connectivity index (χ1) is 9.52. The van der Waals surface area contributed by atoms with Gasteiger partial charge >= 0.3 is 5.97 Å². The summed E-state index contributed by atoms with van der Waals surface area (Å²) < 4.78 is 4.97. The minimum Gasteiger partial charge on any atom is -0.466 e. The largest absolute Gasteiger partial charge is 0.466 e. The van der Waals surface area contributed by atoms with Gasteiger partial charge in [0, 0.05) is 16.5 Å². The maximum atomic E-state index is 11.5. The van der Waals surface area contributed by atoms with Gasteiger partial charge in [0.25, 0.3) is 0 Å². The Bertz CT molecular complexity index is 562. The van der Waals surface area contributed by atoms with E-state index in [1.54, 1.807) is 6.92 Å². The molecule has 20 heavy (non-hydrogen) atoms. The van der Waals surface area contributed by atoms with Crippen molar-refractivity contribution in [2.24, 2.45) is 0 Å². The van der Waals surface area contributed by atoms with Crippen molar-refractivity contribution in [3.05, 3.63) is 38.4 Å². The average Bonchev–Trinajstić information content (AvgIpc) is 2.38. The second kappa shape index (κ2) is 6.64. The van der Waals surface area contributed by atoms with E-state index in [0.717, 1.165) is 29.0 Å². The van der Waals surface area contributed by atoms with Gasteiger partial charge in [0.05, 0.1) is 6.61 Å². The monoisotopic (exact) mass is 312 g/mol. The van der Waals surface area contributed by atoms with Crippen LogP contribution in [0.4, 0.5) is 0 Å².